The van der Waals surface area contributed by atoms with Gasteiger partial charge in [-0.2, -0.15) is 11.8 Å². The minimum absolute atomic E-state index is 0.0914. The molecule has 0 bridgehead atoms. The number of fused-ring (bicyclic) bond motifs is 5. The Hall–Kier alpha value is -3.33. The van der Waals surface area contributed by atoms with Gasteiger partial charge >= 0.3 is 12.1 Å². The molecule has 2 saturated carbocycles. The molecule has 2 amide bonds. The highest BCUT2D eigenvalue weighted by molar-refractivity contribution is 7.98. The number of thioether (sulfide) groups is 1. The predicted octanol–water partition coefficient (Wildman–Crippen LogP) is 5.57. The molecular weight excluding hydrogens is 564 g/mol. The average molecular weight is 607 g/mol. The molecule has 0 heterocycles. The molecule has 230 valence electrons. The zero-order chi connectivity index (χ0) is 30.6. The highest BCUT2D eigenvalue weighted by Crippen LogP contribution is 2.59. The summed E-state index contributed by atoms with van der Waals surface area (Å²) < 4.78 is 11.0. The van der Waals surface area contributed by atoms with Gasteiger partial charge in [-0.15, -0.1) is 0 Å². The van der Waals surface area contributed by atoms with Gasteiger partial charge in [0.25, 0.3) is 0 Å². The number of amides is 2. The molecule has 6 atom stereocenters. The van der Waals surface area contributed by atoms with Crippen molar-refractivity contribution in [2.75, 3.05) is 12.0 Å². The van der Waals surface area contributed by atoms with Crippen LogP contribution in [-0.2, 0) is 32.1 Å². The van der Waals surface area contributed by atoms with E-state index in [-0.39, 0.29) is 12.0 Å². The molecule has 0 aliphatic heterocycles. The van der Waals surface area contributed by atoms with Crippen LogP contribution in [0.1, 0.15) is 75.0 Å². The van der Waals surface area contributed by atoms with E-state index in [1.165, 1.54) is 11.1 Å². The molecule has 2 N–H and O–H groups in total. The number of ether oxygens (including phenoxy) is 2. The van der Waals surface area contributed by atoms with E-state index in [0.29, 0.717) is 47.9 Å². The molecule has 0 aromatic heterocycles. The van der Waals surface area contributed by atoms with Crippen molar-refractivity contribution in [2.45, 2.75) is 83.4 Å². The first-order valence-electron chi connectivity index (χ1n) is 15.3. The Morgan fingerprint density at radius 3 is 2.60 bits per heavy atom. The smallest absolute Gasteiger partial charge is 0.408 e. The van der Waals surface area contributed by atoms with Gasteiger partial charge < -0.3 is 20.1 Å². The van der Waals surface area contributed by atoms with Crippen LogP contribution in [0.15, 0.2) is 48.5 Å². The van der Waals surface area contributed by atoms with Gasteiger partial charge in [0.05, 0.1) is 0 Å². The second kappa shape index (κ2) is 13.5. The fourth-order valence-corrected chi connectivity index (χ4v) is 7.85. The third-order valence-corrected chi connectivity index (χ3v) is 10.4. The fourth-order valence-electron chi connectivity index (χ4n) is 7.38. The standard InChI is InChI=1S/C34H42N2O6S/c1-21(35-31(38)29(16-18-43-3)36-33(40)41-20-22-7-5-4-6-8-22)32(39)42-24-10-12-25-23(19-24)9-11-27-26(25)15-17-34(2)28(27)13-14-30(34)37/h4-8,10,12,19,21,26-29H,9,11,13-18,20H2,1-3H3,(H,35,38)(H,36,40)/t21-,26+,27+,28-,29-,34-/m0/s1. The van der Waals surface area contributed by atoms with Gasteiger partial charge in [-0.25, -0.2) is 9.59 Å². The first-order chi connectivity index (χ1) is 20.7. The van der Waals surface area contributed by atoms with E-state index in [1.54, 1.807) is 18.7 Å². The van der Waals surface area contributed by atoms with Gasteiger partial charge in [0.15, 0.2) is 0 Å². The topological polar surface area (TPSA) is 111 Å². The fraction of sp³-hybridized carbons (Fsp3) is 0.529. The Morgan fingerprint density at radius 2 is 1.84 bits per heavy atom. The average Bonchev–Trinajstić information content (AvgIpc) is 3.32. The summed E-state index contributed by atoms with van der Waals surface area (Å²) in [6.45, 7) is 3.85. The lowest BCUT2D eigenvalue weighted by Gasteiger charge is -2.48. The number of aryl methyl sites for hydroxylation is 1. The quantitative estimate of drug-likeness (QED) is 0.269. The minimum Gasteiger partial charge on any atom is -0.445 e. The molecule has 5 rings (SSSR count). The molecule has 8 nitrogen and oxygen atoms in total. The number of ketones is 1. The number of nitrogens with one attached hydrogen (secondary N) is 2. The molecule has 43 heavy (non-hydrogen) atoms. The second-order valence-corrected chi connectivity index (χ2v) is 13.4. The summed E-state index contributed by atoms with van der Waals surface area (Å²) in [5.74, 6) is 1.94. The third kappa shape index (κ3) is 6.92. The lowest BCUT2D eigenvalue weighted by atomic mass is 9.55. The molecule has 2 aromatic carbocycles. The van der Waals surface area contributed by atoms with Crippen LogP contribution in [0, 0.1) is 17.3 Å². The number of hydrogen-bond acceptors (Lipinski definition) is 7. The van der Waals surface area contributed by atoms with Crippen LogP contribution >= 0.6 is 11.8 Å². The largest absolute Gasteiger partial charge is 0.445 e. The van der Waals surface area contributed by atoms with E-state index in [1.807, 2.05) is 48.7 Å². The predicted molar refractivity (Wildman–Crippen MR) is 166 cm³/mol. The van der Waals surface area contributed by atoms with Crippen LogP contribution in [0.4, 0.5) is 4.79 Å². The van der Waals surface area contributed by atoms with Crippen molar-refractivity contribution in [2.24, 2.45) is 17.3 Å². The number of esters is 1. The third-order valence-electron chi connectivity index (χ3n) is 9.77. The van der Waals surface area contributed by atoms with E-state index in [0.717, 1.165) is 37.7 Å². The number of carbonyl (C=O) groups excluding carboxylic acids is 4. The summed E-state index contributed by atoms with van der Waals surface area (Å²) in [6, 6.07) is 13.4. The number of alkyl carbamates (subject to hydrolysis) is 1. The van der Waals surface area contributed by atoms with Crippen LogP contribution in [0.3, 0.4) is 0 Å². The second-order valence-electron chi connectivity index (χ2n) is 12.4. The number of rotatable bonds is 10. The van der Waals surface area contributed by atoms with Gasteiger partial charge in [-0.1, -0.05) is 43.3 Å². The van der Waals surface area contributed by atoms with Gasteiger partial charge in [0, 0.05) is 11.8 Å². The number of benzene rings is 2. The normalized spacial score (nSPS) is 25.4. The van der Waals surface area contributed by atoms with E-state index in [2.05, 4.69) is 23.6 Å². The maximum absolute atomic E-state index is 13.1. The molecule has 0 saturated heterocycles. The molecule has 9 heteroatoms. The number of carbonyl (C=O) groups is 4. The van der Waals surface area contributed by atoms with Gasteiger partial charge in [0.2, 0.25) is 5.91 Å². The Morgan fingerprint density at radius 1 is 1.05 bits per heavy atom. The van der Waals surface area contributed by atoms with Crippen LogP contribution in [-0.4, -0.2) is 47.8 Å². The summed E-state index contributed by atoms with van der Waals surface area (Å²) in [4.78, 5) is 51.1. The lowest BCUT2D eigenvalue weighted by molar-refractivity contribution is -0.139. The Labute approximate surface area is 258 Å². The Balaban J connectivity index is 1.16. The van der Waals surface area contributed by atoms with E-state index < -0.39 is 30.1 Å². The highest BCUT2D eigenvalue weighted by atomic mass is 32.2. The molecule has 2 fully saturated rings. The maximum atomic E-state index is 13.1. The van der Waals surface area contributed by atoms with Crippen molar-refractivity contribution < 1.29 is 28.7 Å². The van der Waals surface area contributed by atoms with E-state index in [4.69, 9.17) is 9.47 Å². The van der Waals surface area contributed by atoms with Crippen molar-refractivity contribution in [3.05, 3.63) is 65.2 Å². The van der Waals surface area contributed by atoms with Crippen molar-refractivity contribution in [1.29, 1.82) is 0 Å². The molecule has 0 spiro atoms. The van der Waals surface area contributed by atoms with E-state index >= 15 is 0 Å². The minimum atomic E-state index is -0.914. The highest BCUT2D eigenvalue weighted by Gasteiger charge is 2.54. The zero-order valence-electron chi connectivity index (χ0n) is 25.2. The van der Waals surface area contributed by atoms with Crippen molar-refractivity contribution in [3.63, 3.8) is 0 Å². The number of hydrogen-bond donors (Lipinski definition) is 2. The maximum Gasteiger partial charge on any atom is 0.408 e. The van der Waals surface area contributed by atoms with Crippen LogP contribution in [0.25, 0.3) is 0 Å². The van der Waals surface area contributed by atoms with Crippen LogP contribution < -0.4 is 15.4 Å². The van der Waals surface area contributed by atoms with Gasteiger partial charge in [-0.3, -0.25) is 9.59 Å². The molecule has 2 aromatic rings. The Bertz CT molecular complexity index is 1350. The molecule has 3 aliphatic carbocycles. The lowest BCUT2D eigenvalue weighted by Crippen LogP contribution is -2.51. The first kappa shape index (κ1) is 31.1. The van der Waals surface area contributed by atoms with Crippen molar-refractivity contribution in [1.82, 2.24) is 10.6 Å². The first-order valence-corrected chi connectivity index (χ1v) is 16.7. The summed E-state index contributed by atoms with van der Waals surface area (Å²) in [5.41, 5.74) is 3.21. The van der Waals surface area contributed by atoms with E-state index in [9.17, 15) is 19.2 Å². The van der Waals surface area contributed by atoms with Crippen LogP contribution in [0.2, 0.25) is 0 Å². The summed E-state index contributed by atoms with van der Waals surface area (Å²) in [6.07, 6.45) is 7.25. The van der Waals surface area contributed by atoms with Crippen LogP contribution in [0.5, 0.6) is 5.75 Å². The van der Waals surface area contributed by atoms with Crippen molar-refractivity contribution in [3.8, 4) is 5.75 Å². The molecule has 3 aliphatic rings. The number of Topliss-reactive ketones (excluding diaryl/α,β-unsaturated/α-hetero) is 1. The molecule has 0 unspecified atom stereocenters. The monoisotopic (exact) mass is 606 g/mol. The SMILES string of the molecule is CSCC[C@H](NC(=O)OCc1ccccc1)C(=O)N[C@@H](C)C(=O)Oc1ccc2c(c1)CC[C@@H]1[C@@H]2CC[C@]2(C)C(=O)CC[C@@H]12. The summed E-state index contributed by atoms with van der Waals surface area (Å²) >= 11 is 1.56. The summed E-state index contributed by atoms with van der Waals surface area (Å²) in [5, 5.41) is 5.33. The molecular formula is C34H42N2O6S. The van der Waals surface area contributed by atoms with Crippen molar-refractivity contribution >= 4 is 35.5 Å². The van der Waals surface area contributed by atoms with Gasteiger partial charge in [0.1, 0.15) is 30.2 Å². The summed E-state index contributed by atoms with van der Waals surface area (Å²) in [7, 11) is 0. The molecule has 0 radical (unpaired) electrons. The van der Waals surface area contributed by atoms with Gasteiger partial charge in [-0.05, 0) is 104 Å². The Kier molecular flexibility index (Phi) is 9.79. The zero-order valence-corrected chi connectivity index (χ0v) is 26.0.